The van der Waals surface area contributed by atoms with Crippen LogP contribution in [0.15, 0.2) is 24.3 Å². The molecule has 3 amide bonds. The minimum Gasteiger partial charge on any atom is -0.450 e. The van der Waals surface area contributed by atoms with E-state index in [2.05, 4.69) is 5.32 Å². The van der Waals surface area contributed by atoms with Gasteiger partial charge in [0.25, 0.3) is 5.91 Å². The molecular weight excluding hydrogens is 374 g/mol. The second kappa shape index (κ2) is 8.58. The Morgan fingerprint density at radius 1 is 1.22 bits per heavy atom. The molecule has 27 heavy (non-hydrogen) atoms. The molecule has 1 aromatic carbocycles. The van der Waals surface area contributed by atoms with Gasteiger partial charge in [-0.2, -0.15) is 0 Å². The molecule has 3 rings (SSSR count). The molecule has 8 nitrogen and oxygen atoms in total. The maximum absolute atomic E-state index is 13.0. The lowest BCUT2D eigenvalue weighted by atomic mass is 9.98. The number of morpholine rings is 1. The monoisotopic (exact) mass is 395 g/mol. The van der Waals surface area contributed by atoms with Gasteiger partial charge in [0, 0.05) is 31.2 Å². The molecule has 9 heteroatoms. The summed E-state index contributed by atoms with van der Waals surface area (Å²) in [6.07, 6.45) is -1.24. The number of piperazine rings is 1. The Kier molecular flexibility index (Phi) is 6.18. The first-order valence-corrected chi connectivity index (χ1v) is 9.25. The van der Waals surface area contributed by atoms with Crippen molar-refractivity contribution < 1.29 is 23.9 Å². The van der Waals surface area contributed by atoms with Crippen LogP contribution in [0.5, 0.6) is 0 Å². The molecule has 0 aromatic heterocycles. The number of rotatable bonds is 3. The van der Waals surface area contributed by atoms with Crippen molar-refractivity contribution in [2.45, 2.75) is 19.1 Å². The zero-order valence-electron chi connectivity index (χ0n) is 15.0. The molecule has 2 aliphatic rings. The number of amides is 3. The summed E-state index contributed by atoms with van der Waals surface area (Å²) in [5.74, 6) is -0.528. The van der Waals surface area contributed by atoms with E-state index >= 15 is 0 Å². The standard InChI is InChI=1S/C18H22ClN3O5/c1-2-26-18(25)22-9-7-21(8-10-22)17(24)16-15(20-14(23)11-27-16)12-5-3-4-6-13(12)19/h3-6,15-16H,2,7-11H2,1H3,(H,20,23)/t15-,16+/m1/s1. The summed E-state index contributed by atoms with van der Waals surface area (Å²) in [5, 5.41) is 3.26. The van der Waals surface area contributed by atoms with E-state index in [0.29, 0.717) is 43.4 Å². The van der Waals surface area contributed by atoms with Crippen LogP contribution in [0, 0.1) is 0 Å². The zero-order chi connectivity index (χ0) is 19.4. The van der Waals surface area contributed by atoms with Crippen LogP contribution < -0.4 is 5.32 Å². The van der Waals surface area contributed by atoms with Crippen LogP contribution >= 0.6 is 11.6 Å². The summed E-state index contributed by atoms with van der Waals surface area (Å²) in [4.78, 5) is 39.9. The summed E-state index contributed by atoms with van der Waals surface area (Å²) in [6.45, 7) is 3.41. The highest BCUT2D eigenvalue weighted by molar-refractivity contribution is 6.31. The van der Waals surface area contributed by atoms with Gasteiger partial charge in [0.05, 0.1) is 12.6 Å². The second-order valence-electron chi connectivity index (χ2n) is 6.31. The van der Waals surface area contributed by atoms with E-state index in [0.717, 1.165) is 0 Å². The maximum atomic E-state index is 13.0. The predicted octanol–water partition coefficient (Wildman–Crippen LogP) is 1.20. The number of nitrogens with zero attached hydrogens (tertiary/aromatic N) is 2. The van der Waals surface area contributed by atoms with Gasteiger partial charge in [0.2, 0.25) is 5.91 Å². The molecular formula is C18H22ClN3O5. The molecule has 0 aliphatic carbocycles. The maximum Gasteiger partial charge on any atom is 0.409 e. The minimum atomic E-state index is -0.864. The molecule has 0 unspecified atom stereocenters. The largest absolute Gasteiger partial charge is 0.450 e. The molecule has 1 N–H and O–H groups in total. The molecule has 0 bridgehead atoms. The fraction of sp³-hybridized carbons (Fsp3) is 0.500. The number of benzene rings is 1. The fourth-order valence-corrected chi connectivity index (χ4v) is 3.49. The van der Waals surface area contributed by atoms with Crippen LogP contribution in [0.25, 0.3) is 0 Å². The van der Waals surface area contributed by atoms with Crippen molar-refractivity contribution in [3.63, 3.8) is 0 Å². The average Bonchev–Trinajstić information content (AvgIpc) is 2.68. The second-order valence-corrected chi connectivity index (χ2v) is 6.72. The number of carbonyl (C=O) groups is 3. The number of hydrogen-bond donors (Lipinski definition) is 1. The molecule has 1 aromatic rings. The van der Waals surface area contributed by atoms with Crippen molar-refractivity contribution in [3.05, 3.63) is 34.9 Å². The van der Waals surface area contributed by atoms with Gasteiger partial charge in [-0.1, -0.05) is 29.8 Å². The van der Waals surface area contributed by atoms with Gasteiger partial charge in [0.1, 0.15) is 6.61 Å². The van der Waals surface area contributed by atoms with Gasteiger partial charge in [0.15, 0.2) is 6.10 Å². The summed E-state index contributed by atoms with van der Waals surface area (Å²) >= 11 is 6.25. The lowest BCUT2D eigenvalue weighted by molar-refractivity contribution is -0.156. The van der Waals surface area contributed by atoms with Gasteiger partial charge >= 0.3 is 6.09 Å². The van der Waals surface area contributed by atoms with Gasteiger partial charge in [-0.05, 0) is 18.6 Å². The highest BCUT2D eigenvalue weighted by atomic mass is 35.5. The van der Waals surface area contributed by atoms with Crippen molar-refractivity contribution in [1.29, 1.82) is 0 Å². The number of ether oxygens (including phenoxy) is 2. The first kappa shape index (κ1) is 19.4. The Labute approximate surface area is 162 Å². The third-order valence-electron chi connectivity index (χ3n) is 4.61. The first-order chi connectivity index (χ1) is 13.0. The molecule has 0 radical (unpaired) electrons. The van der Waals surface area contributed by atoms with Crippen molar-refractivity contribution in [2.24, 2.45) is 0 Å². The summed E-state index contributed by atoms with van der Waals surface area (Å²) < 4.78 is 10.6. The number of hydrogen-bond acceptors (Lipinski definition) is 5. The SMILES string of the molecule is CCOC(=O)N1CCN(C(=O)[C@H]2OCC(=O)N[C@@H]2c2ccccc2Cl)CC1. The van der Waals surface area contributed by atoms with E-state index in [9.17, 15) is 14.4 Å². The normalized spacial score (nSPS) is 23.0. The topological polar surface area (TPSA) is 88.2 Å². The van der Waals surface area contributed by atoms with Crippen molar-refractivity contribution in [2.75, 3.05) is 39.4 Å². The number of carbonyl (C=O) groups excluding carboxylic acids is 3. The lowest BCUT2D eigenvalue weighted by Crippen LogP contribution is -2.57. The smallest absolute Gasteiger partial charge is 0.409 e. The molecule has 2 heterocycles. The number of nitrogens with one attached hydrogen (secondary N) is 1. The van der Waals surface area contributed by atoms with E-state index in [1.165, 1.54) is 0 Å². The molecule has 0 saturated carbocycles. The van der Waals surface area contributed by atoms with E-state index in [1.807, 2.05) is 0 Å². The lowest BCUT2D eigenvalue weighted by Gasteiger charge is -2.39. The van der Waals surface area contributed by atoms with Gasteiger partial charge in [-0.15, -0.1) is 0 Å². The Hall–Kier alpha value is -2.32. The third kappa shape index (κ3) is 4.33. The number of halogens is 1. The zero-order valence-corrected chi connectivity index (χ0v) is 15.8. The van der Waals surface area contributed by atoms with Crippen LogP contribution in [0.1, 0.15) is 18.5 Å². The Bertz CT molecular complexity index is 721. The van der Waals surface area contributed by atoms with Crippen molar-refractivity contribution in [3.8, 4) is 0 Å². The van der Waals surface area contributed by atoms with Crippen LogP contribution in [0.2, 0.25) is 5.02 Å². The molecule has 0 spiro atoms. The third-order valence-corrected chi connectivity index (χ3v) is 4.96. The van der Waals surface area contributed by atoms with E-state index in [1.54, 1.807) is 41.0 Å². The highest BCUT2D eigenvalue weighted by Crippen LogP contribution is 2.29. The summed E-state index contributed by atoms with van der Waals surface area (Å²) in [6, 6.07) is 6.39. The summed E-state index contributed by atoms with van der Waals surface area (Å²) in [7, 11) is 0. The Morgan fingerprint density at radius 3 is 2.56 bits per heavy atom. The molecule has 2 saturated heterocycles. The molecule has 2 aliphatic heterocycles. The van der Waals surface area contributed by atoms with Gasteiger partial charge < -0.3 is 24.6 Å². The highest BCUT2D eigenvalue weighted by Gasteiger charge is 2.40. The quantitative estimate of drug-likeness (QED) is 0.830. The minimum absolute atomic E-state index is 0.180. The van der Waals surface area contributed by atoms with Gasteiger partial charge in [-0.25, -0.2) is 4.79 Å². The van der Waals surface area contributed by atoms with Crippen LogP contribution in [0.3, 0.4) is 0 Å². The molecule has 146 valence electrons. The first-order valence-electron chi connectivity index (χ1n) is 8.87. The van der Waals surface area contributed by atoms with E-state index in [-0.39, 0.29) is 24.5 Å². The van der Waals surface area contributed by atoms with Crippen LogP contribution in [0.4, 0.5) is 4.79 Å². The van der Waals surface area contributed by atoms with Crippen molar-refractivity contribution >= 4 is 29.5 Å². The van der Waals surface area contributed by atoms with Gasteiger partial charge in [-0.3, -0.25) is 9.59 Å². The molecule has 2 fully saturated rings. The average molecular weight is 396 g/mol. The summed E-state index contributed by atoms with van der Waals surface area (Å²) in [5.41, 5.74) is 0.635. The van der Waals surface area contributed by atoms with E-state index in [4.69, 9.17) is 21.1 Å². The molecule has 2 atom stereocenters. The van der Waals surface area contributed by atoms with Crippen LogP contribution in [-0.4, -0.2) is 73.2 Å². The Balaban J connectivity index is 1.70. The fourth-order valence-electron chi connectivity index (χ4n) is 3.24. The predicted molar refractivity (Wildman–Crippen MR) is 97.3 cm³/mol. The van der Waals surface area contributed by atoms with E-state index < -0.39 is 12.1 Å². The van der Waals surface area contributed by atoms with Crippen molar-refractivity contribution in [1.82, 2.24) is 15.1 Å². The Morgan fingerprint density at radius 2 is 1.89 bits per heavy atom. The van der Waals surface area contributed by atoms with Crippen LogP contribution in [-0.2, 0) is 19.1 Å².